The molecule has 1 amide bonds. The van der Waals surface area contributed by atoms with Crippen molar-refractivity contribution in [3.8, 4) is 0 Å². The molecule has 5 rings (SSSR count). The van der Waals surface area contributed by atoms with Crippen molar-refractivity contribution in [3.63, 3.8) is 0 Å². The lowest BCUT2D eigenvalue weighted by molar-refractivity contribution is 0.0730. The van der Waals surface area contributed by atoms with Crippen molar-refractivity contribution in [3.05, 3.63) is 117 Å². The summed E-state index contributed by atoms with van der Waals surface area (Å²) in [5, 5.41) is 0.448. The zero-order valence-corrected chi connectivity index (χ0v) is 17.0. The molecule has 1 aliphatic rings. The Balaban J connectivity index is 1.66. The fraction of sp³-hybridized carbons (Fsp3) is 0.154. The normalized spacial score (nSPS) is 15.5. The van der Waals surface area contributed by atoms with E-state index in [-0.39, 0.29) is 22.9 Å². The van der Waals surface area contributed by atoms with Gasteiger partial charge in [-0.1, -0.05) is 54.1 Å². The molecule has 2 heterocycles. The number of halogens is 1. The molecule has 1 unspecified atom stereocenters. The van der Waals surface area contributed by atoms with E-state index < -0.39 is 6.04 Å². The first-order valence-electron chi connectivity index (χ1n) is 10.2. The highest BCUT2D eigenvalue weighted by molar-refractivity contribution is 5.99. The van der Waals surface area contributed by atoms with E-state index >= 15 is 0 Å². The van der Waals surface area contributed by atoms with Gasteiger partial charge in [0.2, 0.25) is 5.76 Å². The molecule has 31 heavy (non-hydrogen) atoms. The molecule has 0 bridgehead atoms. The highest BCUT2D eigenvalue weighted by atomic mass is 19.1. The zero-order chi connectivity index (χ0) is 21.5. The molecule has 0 saturated heterocycles. The molecule has 1 atom stereocenters. The van der Waals surface area contributed by atoms with Gasteiger partial charge in [0.05, 0.1) is 17.0 Å². The largest absolute Gasteiger partial charge is 0.450 e. The Morgan fingerprint density at radius 2 is 1.71 bits per heavy atom. The van der Waals surface area contributed by atoms with E-state index in [9.17, 15) is 14.0 Å². The maximum Gasteiger partial charge on any atom is 0.290 e. The molecule has 154 valence electrons. The van der Waals surface area contributed by atoms with Crippen LogP contribution in [0.3, 0.4) is 0 Å². The first-order valence-corrected chi connectivity index (χ1v) is 10.2. The molecule has 4 aromatic rings. The highest BCUT2D eigenvalue weighted by Gasteiger charge is 2.42. The van der Waals surface area contributed by atoms with Gasteiger partial charge in [0.1, 0.15) is 11.4 Å². The summed E-state index contributed by atoms with van der Waals surface area (Å²) < 4.78 is 19.5. The second-order valence-corrected chi connectivity index (χ2v) is 7.86. The number of hydrogen-bond donors (Lipinski definition) is 0. The van der Waals surface area contributed by atoms with Gasteiger partial charge in [0.25, 0.3) is 5.91 Å². The maximum absolute atomic E-state index is 13.6. The van der Waals surface area contributed by atoms with Crippen LogP contribution < -0.4 is 5.43 Å². The van der Waals surface area contributed by atoms with Crippen molar-refractivity contribution in [2.45, 2.75) is 19.4 Å². The van der Waals surface area contributed by atoms with Crippen LogP contribution in [0.5, 0.6) is 0 Å². The predicted octanol–water partition coefficient (Wildman–Crippen LogP) is 5.03. The van der Waals surface area contributed by atoms with Crippen molar-refractivity contribution in [2.75, 3.05) is 6.54 Å². The minimum atomic E-state index is -0.618. The van der Waals surface area contributed by atoms with Crippen LogP contribution in [0.4, 0.5) is 4.39 Å². The number of benzene rings is 3. The van der Waals surface area contributed by atoms with Crippen LogP contribution in [0.2, 0.25) is 0 Å². The number of carbonyl (C=O) groups is 1. The Labute approximate surface area is 178 Å². The van der Waals surface area contributed by atoms with Crippen LogP contribution in [0.1, 0.15) is 38.9 Å². The topological polar surface area (TPSA) is 50.5 Å². The number of nitrogens with zero attached hydrogens (tertiary/aromatic N) is 1. The quantitative estimate of drug-likeness (QED) is 0.472. The number of amides is 1. The van der Waals surface area contributed by atoms with Gasteiger partial charge in [-0.25, -0.2) is 4.39 Å². The van der Waals surface area contributed by atoms with Crippen LogP contribution in [-0.4, -0.2) is 17.4 Å². The second kappa shape index (κ2) is 7.51. The molecular weight excluding hydrogens is 393 g/mol. The molecular formula is C26H20FNO3. The van der Waals surface area contributed by atoms with Gasteiger partial charge >= 0.3 is 0 Å². The van der Waals surface area contributed by atoms with E-state index in [1.54, 1.807) is 29.2 Å². The van der Waals surface area contributed by atoms with Crippen LogP contribution in [0.25, 0.3) is 11.0 Å². The second-order valence-electron chi connectivity index (χ2n) is 7.86. The summed E-state index contributed by atoms with van der Waals surface area (Å²) in [6.45, 7) is 2.31. The molecule has 0 N–H and O–H groups in total. The van der Waals surface area contributed by atoms with Gasteiger partial charge in [-0.15, -0.1) is 0 Å². The molecule has 0 aliphatic carbocycles. The molecule has 0 spiro atoms. The summed E-state index contributed by atoms with van der Waals surface area (Å²) in [6, 6.07) is 20.5. The van der Waals surface area contributed by atoms with Crippen molar-refractivity contribution >= 4 is 16.9 Å². The average molecular weight is 413 g/mol. The SMILES string of the molecule is Cc1ccc2oc3c(c(=O)c2c1)C(c1ccc(F)cc1)N(CCc1ccccc1)C3=O. The Hall–Kier alpha value is -3.73. The summed E-state index contributed by atoms with van der Waals surface area (Å²) in [5.41, 5.74) is 3.20. The third kappa shape index (κ3) is 3.32. The van der Waals surface area contributed by atoms with Crippen LogP contribution in [0, 0.1) is 12.7 Å². The minimum absolute atomic E-state index is 0.0729. The Morgan fingerprint density at radius 3 is 2.45 bits per heavy atom. The minimum Gasteiger partial charge on any atom is -0.450 e. The van der Waals surface area contributed by atoms with Gasteiger partial charge < -0.3 is 9.32 Å². The first kappa shape index (κ1) is 19.2. The average Bonchev–Trinajstić information content (AvgIpc) is 3.06. The maximum atomic E-state index is 13.6. The smallest absolute Gasteiger partial charge is 0.290 e. The van der Waals surface area contributed by atoms with Crippen molar-refractivity contribution < 1.29 is 13.6 Å². The van der Waals surface area contributed by atoms with Crippen molar-refractivity contribution in [1.29, 1.82) is 0 Å². The van der Waals surface area contributed by atoms with E-state index in [2.05, 4.69) is 0 Å². The van der Waals surface area contributed by atoms with Crippen LogP contribution in [0.15, 0.2) is 82.0 Å². The monoisotopic (exact) mass is 413 g/mol. The lowest BCUT2D eigenvalue weighted by Crippen LogP contribution is -2.31. The van der Waals surface area contributed by atoms with E-state index in [1.807, 2.05) is 43.3 Å². The molecule has 0 fully saturated rings. The zero-order valence-electron chi connectivity index (χ0n) is 17.0. The molecule has 0 radical (unpaired) electrons. The molecule has 3 aromatic carbocycles. The number of carbonyl (C=O) groups excluding carboxylic acids is 1. The van der Waals surface area contributed by atoms with Gasteiger partial charge in [0, 0.05) is 6.54 Å². The number of hydrogen-bond acceptors (Lipinski definition) is 3. The Bertz CT molecular complexity index is 1340. The third-order valence-electron chi connectivity index (χ3n) is 5.79. The fourth-order valence-corrected chi connectivity index (χ4v) is 4.25. The molecule has 1 aromatic heterocycles. The summed E-state index contributed by atoms with van der Waals surface area (Å²) >= 11 is 0. The molecule has 4 nitrogen and oxygen atoms in total. The van der Waals surface area contributed by atoms with E-state index in [1.165, 1.54) is 12.1 Å². The van der Waals surface area contributed by atoms with Gasteiger partial charge in [-0.3, -0.25) is 9.59 Å². The summed E-state index contributed by atoms with van der Waals surface area (Å²) in [5.74, 6) is -0.617. The lowest BCUT2D eigenvalue weighted by atomic mass is 9.98. The highest BCUT2D eigenvalue weighted by Crippen LogP contribution is 2.38. The third-order valence-corrected chi connectivity index (χ3v) is 5.79. The van der Waals surface area contributed by atoms with Crippen LogP contribution in [-0.2, 0) is 6.42 Å². The van der Waals surface area contributed by atoms with Gasteiger partial charge in [0.15, 0.2) is 5.43 Å². The summed E-state index contributed by atoms with van der Waals surface area (Å²) in [7, 11) is 0. The standard InChI is InChI=1S/C26H20FNO3/c1-16-7-12-21-20(15-16)24(29)22-23(18-8-10-19(27)11-9-18)28(26(30)25(22)31-21)14-13-17-5-3-2-4-6-17/h2-12,15,23H,13-14H2,1H3. The number of rotatable bonds is 4. The Kier molecular flexibility index (Phi) is 4.66. The molecule has 1 aliphatic heterocycles. The van der Waals surface area contributed by atoms with Crippen molar-refractivity contribution in [1.82, 2.24) is 4.90 Å². The van der Waals surface area contributed by atoms with E-state index in [0.29, 0.717) is 35.1 Å². The predicted molar refractivity (Wildman–Crippen MR) is 117 cm³/mol. The molecule has 5 heteroatoms. The van der Waals surface area contributed by atoms with Crippen LogP contribution >= 0.6 is 0 Å². The van der Waals surface area contributed by atoms with Crippen molar-refractivity contribution in [2.24, 2.45) is 0 Å². The summed E-state index contributed by atoms with van der Waals surface area (Å²) in [4.78, 5) is 28.5. The van der Waals surface area contributed by atoms with E-state index in [0.717, 1.165) is 11.1 Å². The van der Waals surface area contributed by atoms with E-state index in [4.69, 9.17) is 4.42 Å². The first-order chi connectivity index (χ1) is 15.0. The lowest BCUT2D eigenvalue weighted by Gasteiger charge is -2.25. The number of aryl methyl sites for hydroxylation is 1. The van der Waals surface area contributed by atoms with Gasteiger partial charge in [-0.2, -0.15) is 0 Å². The van der Waals surface area contributed by atoms with Gasteiger partial charge in [-0.05, 0) is 48.7 Å². The fourth-order valence-electron chi connectivity index (χ4n) is 4.25. The molecule has 0 saturated carbocycles. The Morgan fingerprint density at radius 1 is 0.968 bits per heavy atom. The number of fused-ring (bicyclic) bond motifs is 2. The summed E-state index contributed by atoms with van der Waals surface area (Å²) in [6.07, 6.45) is 0.630.